The van der Waals surface area contributed by atoms with Crippen LogP contribution in [0.4, 0.5) is 11.4 Å². The van der Waals surface area contributed by atoms with Gasteiger partial charge in [-0.1, -0.05) is 0 Å². The van der Waals surface area contributed by atoms with Crippen LogP contribution < -0.4 is 15.5 Å². The van der Waals surface area contributed by atoms with E-state index in [2.05, 4.69) is 10.6 Å². The van der Waals surface area contributed by atoms with E-state index in [1.807, 2.05) is 11.9 Å². The lowest BCUT2D eigenvalue weighted by Crippen LogP contribution is -2.27. The van der Waals surface area contributed by atoms with Gasteiger partial charge in [0.25, 0.3) is 11.6 Å². The van der Waals surface area contributed by atoms with Gasteiger partial charge in [0.1, 0.15) is 5.69 Å². The fraction of sp³-hybridized carbons (Fsp3) is 0.533. The quantitative estimate of drug-likeness (QED) is 0.449. The van der Waals surface area contributed by atoms with Crippen LogP contribution in [0.1, 0.15) is 29.6 Å². The Labute approximate surface area is 142 Å². The van der Waals surface area contributed by atoms with Gasteiger partial charge in [0.2, 0.25) is 0 Å². The first-order chi connectivity index (χ1) is 10.6. The van der Waals surface area contributed by atoms with Crippen LogP contribution >= 0.6 is 12.4 Å². The molecule has 0 saturated carbocycles. The Morgan fingerprint density at radius 1 is 1.30 bits per heavy atom. The fourth-order valence-electron chi connectivity index (χ4n) is 2.61. The van der Waals surface area contributed by atoms with Gasteiger partial charge < -0.3 is 15.5 Å². The lowest BCUT2D eigenvalue weighted by Gasteiger charge is -2.17. The third kappa shape index (κ3) is 5.07. The number of halogens is 1. The molecule has 8 heteroatoms. The van der Waals surface area contributed by atoms with Crippen molar-refractivity contribution in [3.63, 3.8) is 0 Å². The maximum absolute atomic E-state index is 12.0. The molecule has 1 aromatic carbocycles. The minimum atomic E-state index is -0.411. The smallest absolute Gasteiger partial charge is 0.293 e. The number of hydrogen-bond acceptors (Lipinski definition) is 5. The first-order valence-corrected chi connectivity index (χ1v) is 7.59. The maximum atomic E-state index is 12.0. The number of hydrogen-bond donors (Lipinski definition) is 2. The van der Waals surface area contributed by atoms with Crippen LogP contribution in [-0.4, -0.2) is 44.1 Å². The molecular formula is C15H23ClN4O3. The molecule has 0 bridgehead atoms. The highest BCUT2D eigenvalue weighted by Gasteiger charge is 2.23. The Bertz CT molecular complexity index is 548. The maximum Gasteiger partial charge on any atom is 0.293 e. The van der Waals surface area contributed by atoms with E-state index >= 15 is 0 Å². The number of carbonyl (C=O) groups is 1. The van der Waals surface area contributed by atoms with E-state index in [-0.39, 0.29) is 24.0 Å². The standard InChI is InChI=1S/C15H22N4O3.ClH/c1-16-7-4-8-17-15(20)12-5-6-13(14(11-12)19(21)22)18-9-2-3-10-18;/h5-6,11,16H,2-4,7-10H2,1H3,(H,17,20);1H. The average Bonchev–Trinajstić information content (AvgIpc) is 3.05. The monoisotopic (exact) mass is 342 g/mol. The summed E-state index contributed by atoms with van der Waals surface area (Å²) in [5.74, 6) is -0.271. The zero-order valence-corrected chi connectivity index (χ0v) is 14.0. The van der Waals surface area contributed by atoms with Crippen molar-refractivity contribution in [3.05, 3.63) is 33.9 Å². The van der Waals surface area contributed by atoms with Gasteiger partial charge in [0.05, 0.1) is 4.92 Å². The highest BCUT2D eigenvalue weighted by Crippen LogP contribution is 2.31. The van der Waals surface area contributed by atoms with Gasteiger partial charge in [0, 0.05) is 31.3 Å². The number of carbonyl (C=O) groups excluding carboxylic acids is 1. The molecule has 0 unspecified atom stereocenters. The van der Waals surface area contributed by atoms with Crippen LogP contribution in [-0.2, 0) is 0 Å². The third-order valence-corrected chi connectivity index (χ3v) is 3.77. The Balaban J connectivity index is 0.00000264. The summed E-state index contributed by atoms with van der Waals surface area (Å²) in [4.78, 5) is 24.9. The van der Waals surface area contributed by atoms with Gasteiger partial charge >= 0.3 is 0 Å². The number of anilines is 1. The number of nitrogens with zero attached hydrogens (tertiary/aromatic N) is 2. The summed E-state index contributed by atoms with van der Waals surface area (Å²) < 4.78 is 0. The minimum absolute atomic E-state index is 0. The van der Waals surface area contributed by atoms with Gasteiger partial charge in [-0.05, 0) is 45.0 Å². The van der Waals surface area contributed by atoms with Crippen molar-refractivity contribution in [2.45, 2.75) is 19.3 Å². The van der Waals surface area contributed by atoms with Crippen molar-refractivity contribution in [2.75, 3.05) is 38.1 Å². The first-order valence-electron chi connectivity index (χ1n) is 7.59. The molecule has 0 spiro atoms. The predicted molar refractivity (Wildman–Crippen MR) is 92.7 cm³/mol. The third-order valence-electron chi connectivity index (χ3n) is 3.77. The van der Waals surface area contributed by atoms with Crippen molar-refractivity contribution >= 4 is 29.7 Å². The molecule has 1 aliphatic heterocycles. The summed E-state index contributed by atoms with van der Waals surface area (Å²) >= 11 is 0. The van der Waals surface area contributed by atoms with Gasteiger partial charge in [0.15, 0.2) is 0 Å². The summed E-state index contributed by atoms with van der Waals surface area (Å²) in [7, 11) is 1.85. The molecular weight excluding hydrogens is 320 g/mol. The Hall–Kier alpha value is -1.86. The summed E-state index contributed by atoms with van der Waals surface area (Å²) in [6.45, 7) is 3.02. The van der Waals surface area contributed by atoms with E-state index in [1.54, 1.807) is 12.1 Å². The van der Waals surface area contributed by atoms with E-state index in [9.17, 15) is 14.9 Å². The molecule has 2 N–H and O–H groups in total. The summed E-state index contributed by atoms with van der Waals surface area (Å²) in [6, 6.07) is 4.72. The van der Waals surface area contributed by atoms with Crippen LogP contribution in [0.3, 0.4) is 0 Å². The average molecular weight is 343 g/mol. The summed E-state index contributed by atoms with van der Waals surface area (Å²) in [5, 5.41) is 17.1. The normalized spacial score (nSPS) is 13.5. The van der Waals surface area contributed by atoms with E-state index < -0.39 is 4.92 Å². The van der Waals surface area contributed by atoms with E-state index in [1.165, 1.54) is 6.07 Å². The molecule has 2 rings (SSSR count). The topological polar surface area (TPSA) is 87.5 Å². The van der Waals surface area contributed by atoms with Crippen molar-refractivity contribution in [1.29, 1.82) is 0 Å². The Morgan fingerprint density at radius 2 is 2.00 bits per heavy atom. The lowest BCUT2D eigenvalue weighted by atomic mass is 10.1. The van der Waals surface area contributed by atoms with Gasteiger partial charge in [-0.3, -0.25) is 14.9 Å². The Kier molecular flexibility index (Phi) is 7.77. The summed E-state index contributed by atoms with van der Waals surface area (Å²) in [5.41, 5.74) is 0.943. The number of rotatable bonds is 7. The molecule has 0 aromatic heterocycles. The van der Waals surface area contributed by atoms with Crippen molar-refractivity contribution in [1.82, 2.24) is 10.6 Å². The van der Waals surface area contributed by atoms with Gasteiger partial charge in [-0.25, -0.2) is 0 Å². The van der Waals surface area contributed by atoms with Crippen LogP contribution in [0, 0.1) is 10.1 Å². The largest absolute Gasteiger partial charge is 0.366 e. The number of nitrogens with one attached hydrogen (secondary N) is 2. The van der Waals surface area contributed by atoms with Crippen molar-refractivity contribution in [2.24, 2.45) is 0 Å². The van der Waals surface area contributed by atoms with Crippen LogP contribution in [0.5, 0.6) is 0 Å². The second-order valence-electron chi connectivity index (χ2n) is 5.37. The Morgan fingerprint density at radius 3 is 2.61 bits per heavy atom. The van der Waals surface area contributed by atoms with Crippen LogP contribution in [0.2, 0.25) is 0 Å². The highest BCUT2D eigenvalue weighted by molar-refractivity contribution is 5.95. The number of nitro groups is 1. The van der Waals surface area contributed by atoms with E-state index in [0.29, 0.717) is 17.8 Å². The molecule has 128 valence electrons. The van der Waals surface area contributed by atoms with E-state index in [4.69, 9.17) is 0 Å². The number of benzene rings is 1. The minimum Gasteiger partial charge on any atom is -0.366 e. The van der Waals surface area contributed by atoms with Crippen molar-refractivity contribution < 1.29 is 9.72 Å². The molecule has 7 nitrogen and oxygen atoms in total. The van der Waals surface area contributed by atoms with E-state index in [0.717, 1.165) is 38.9 Å². The molecule has 0 radical (unpaired) electrons. The molecule has 0 atom stereocenters. The van der Waals surface area contributed by atoms with Crippen LogP contribution in [0.15, 0.2) is 18.2 Å². The molecule has 1 aliphatic rings. The molecule has 0 aliphatic carbocycles. The molecule has 1 aromatic rings. The molecule has 1 heterocycles. The molecule has 1 amide bonds. The first kappa shape index (κ1) is 19.2. The van der Waals surface area contributed by atoms with Crippen LogP contribution in [0.25, 0.3) is 0 Å². The fourth-order valence-corrected chi connectivity index (χ4v) is 2.61. The second kappa shape index (κ2) is 9.32. The molecule has 1 saturated heterocycles. The lowest BCUT2D eigenvalue weighted by molar-refractivity contribution is -0.384. The van der Waals surface area contributed by atoms with Gasteiger partial charge in [-0.15, -0.1) is 12.4 Å². The molecule has 1 fully saturated rings. The second-order valence-corrected chi connectivity index (χ2v) is 5.37. The predicted octanol–water partition coefficient (Wildman–Crippen LogP) is 1.96. The number of nitro benzene ring substituents is 1. The molecule has 23 heavy (non-hydrogen) atoms. The zero-order valence-electron chi connectivity index (χ0n) is 13.2. The summed E-state index contributed by atoms with van der Waals surface area (Å²) in [6.07, 6.45) is 2.91. The zero-order chi connectivity index (χ0) is 15.9. The number of amides is 1. The SMILES string of the molecule is CNCCCNC(=O)c1ccc(N2CCCC2)c([N+](=O)[O-])c1.Cl. The van der Waals surface area contributed by atoms with Crippen molar-refractivity contribution in [3.8, 4) is 0 Å². The highest BCUT2D eigenvalue weighted by atomic mass is 35.5. The van der Waals surface area contributed by atoms with Gasteiger partial charge in [-0.2, -0.15) is 0 Å².